The number of nitrogens with one attached hydrogen (secondary N) is 1. The fourth-order valence-corrected chi connectivity index (χ4v) is 1.96. The fraction of sp³-hybridized carbons (Fsp3) is 0.143. The van der Waals surface area contributed by atoms with E-state index in [4.69, 9.17) is 16.3 Å². The molecule has 0 saturated heterocycles. The molecule has 0 aliphatic carbocycles. The average molecular weight is 347 g/mol. The van der Waals surface area contributed by atoms with Crippen LogP contribution in [0, 0.1) is 0 Å². The molecule has 0 amide bonds. The van der Waals surface area contributed by atoms with Gasteiger partial charge in [0.2, 0.25) is 0 Å². The highest BCUT2D eigenvalue weighted by Gasteiger charge is 2.32. The quantitative estimate of drug-likeness (QED) is 0.894. The van der Waals surface area contributed by atoms with Crippen LogP contribution < -0.4 is 10.4 Å². The molecule has 1 aromatic carbocycles. The van der Waals surface area contributed by atoms with E-state index in [9.17, 15) is 23.1 Å². The van der Waals surface area contributed by atoms with E-state index < -0.39 is 17.6 Å². The molecule has 0 radical (unpaired) electrons. The molecule has 0 fully saturated rings. The molecule has 23 heavy (non-hydrogen) atoms. The number of phenolic OH excluding ortho intramolecular Hbond substituents is 1. The van der Waals surface area contributed by atoms with Crippen molar-refractivity contribution in [2.75, 3.05) is 7.11 Å². The summed E-state index contributed by atoms with van der Waals surface area (Å²) in [5.74, 6) is -0.0350. The lowest BCUT2D eigenvalue weighted by Gasteiger charge is -2.07. The minimum Gasteiger partial charge on any atom is -0.504 e. The Morgan fingerprint density at radius 3 is 2.61 bits per heavy atom. The molecule has 0 aliphatic rings. The second-order valence-corrected chi connectivity index (χ2v) is 4.81. The molecule has 1 heterocycles. The largest absolute Gasteiger partial charge is 0.504 e. The summed E-state index contributed by atoms with van der Waals surface area (Å²) in [5.41, 5.74) is -2.14. The maximum Gasteiger partial charge on any atom is 0.431 e. The van der Waals surface area contributed by atoms with Crippen molar-refractivity contribution in [3.8, 4) is 11.5 Å². The van der Waals surface area contributed by atoms with Gasteiger partial charge in [-0.25, -0.2) is 4.79 Å². The predicted octanol–water partition coefficient (Wildman–Crippen LogP) is 3.33. The number of aromatic amines is 1. The molecule has 2 rings (SSSR count). The molecule has 2 aromatic rings. The molecule has 5 nitrogen and oxygen atoms in total. The van der Waals surface area contributed by atoms with Crippen LogP contribution in [0.1, 0.15) is 17.0 Å². The van der Waals surface area contributed by atoms with Crippen LogP contribution in [0.4, 0.5) is 13.2 Å². The summed E-state index contributed by atoms with van der Waals surface area (Å²) in [6.07, 6.45) is -2.14. The molecular weight excluding hydrogens is 337 g/mol. The second kappa shape index (κ2) is 6.33. The van der Waals surface area contributed by atoms with E-state index in [0.717, 1.165) is 0 Å². The van der Waals surface area contributed by atoms with E-state index in [0.29, 0.717) is 11.6 Å². The van der Waals surface area contributed by atoms with E-state index in [1.807, 2.05) is 0 Å². The van der Waals surface area contributed by atoms with Gasteiger partial charge >= 0.3 is 11.9 Å². The maximum atomic E-state index is 12.6. The van der Waals surface area contributed by atoms with Crippen LogP contribution >= 0.6 is 11.6 Å². The summed E-state index contributed by atoms with van der Waals surface area (Å²) in [6.45, 7) is 0. The van der Waals surface area contributed by atoms with Crippen molar-refractivity contribution in [3.63, 3.8) is 0 Å². The van der Waals surface area contributed by atoms with E-state index in [-0.39, 0.29) is 22.2 Å². The lowest BCUT2D eigenvalue weighted by Crippen LogP contribution is -2.19. The lowest BCUT2D eigenvalue weighted by atomic mass is 10.1. The van der Waals surface area contributed by atoms with Gasteiger partial charge in [0.05, 0.1) is 17.8 Å². The molecular formula is C14H10ClF3N2O3. The first-order chi connectivity index (χ1) is 10.7. The van der Waals surface area contributed by atoms with Gasteiger partial charge in [-0.3, -0.25) is 0 Å². The third-order valence-corrected chi connectivity index (χ3v) is 3.13. The molecule has 0 spiro atoms. The summed E-state index contributed by atoms with van der Waals surface area (Å²) in [6, 6.07) is 3.32. The molecule has 9 heteroatoms. The van der Waals surface area contributed by atoms with Crippen molar-refractivity contribution < 1.29 is 23.0 Å². The predicted molar refractivity (Wildman–Crippen MR) is 78.5 cm³/mol. The normalized spacial score (nSPS) is 11.9. The van der Waals surface area contributed by atoms with Gasteiger partial charge in [-0.2, -0.15) is 18.2 Å². The van der Waals surface area contributed by atoms with Gasteiger partial charge in [0.1, 0.15) is 5.69 Å². The molecule has 1 aromatic heterocycles. The van der Waals surface area contributed by atoms with Crippen molar-refractivity contribution >= 4 is 23.8 Å². The van der Waals surface area contributed by atoms with E-state index >= 15 is 0 Å². The minimum atomic E-state index is -4.69. The first-order valence-electron chi connectivity index (χ1n) is 6.14. The highest BCUT2D eigenvalue weighted by Crippen LogP contribution is 2.33. The Morgan fingerprint density at radius 2 is 2.00 bits per heavy atom. The van der Waals surface area contributed by atoms with Crippen LogP contribution in [0.5, 0.6) is 11.5 Å². The van der Waals surface area contributed by atoms with Crippen LogP contribution in [-0.4, -0.2) is 22.2 Å². The highest BCUT2D eigenvalue weighted by atomic mass is 35.5. The van der Waals surface area contributed by atoms with Gasteiger partial charge in [-0.15, -0.1) is 0 Å². The van der Waals surface area contributed by atoms with Gasteiger partial charge < -0.3 is 14.8 Å². The van der Waals surface area contributed by atoms with E-state index in [1.54, 1.807) is 4.98 Å². The molecule has 0 aliphatic heterocycles. The standard InChI is InChI=1S/C14H10ClF3N2O3/c1-23-11-4-7(9(15)6-10(11)21)2-3-8-5-12(14(16,17)18)20-13(22)19-8/h2-6,21H,1H3,(H,19,20,22)/b3-2-. The van der Waals surface area contributed by atoms with Crippen molar-refractivity contribution in [1.82, 2.24) is 9.97 Å². The topological polar surface area (TPSA) is 75.2 Å². The lowest BCUT2D eigenvalue weighted by molar-refractivity contribution is -0.141. The highest BCUT2D eigenvalue weighted by molar-refractivity contribution is 6.32. The Labute approximate surface area is 133 Å². The number of ether oxygens (including phenoxy) is 1. The summed E-state index contributed by atoms with van der Waals surface area (Å²) in [4.78, 5) is 16.3. The van der Waals surface area contributed by atoms with Gasteiger partial charge in [0.25, 0.3) is 0 Å². The van der Waals surface area contributed by atoms with Gasteiger partial charge in [-0.1, -0.05) is 17.7 Å². The van der Waals surface area contributed by atoms with Crippen LogP contribution in [0.15, 0.2) is 23.0 Å². The number of phenols is 1. The molecule has 2 N–H and O–H groups in total. The molecule has 122 valence electrons. The SMILES string of the molecule is COc1cc(/C=C\c2cc(C(F)(F)F)[nH]c(=O)n2)c(Cl)cc1O. The van der Waals surface area contributed by atoms with E-state index in [2.05, 4.69) is 4.98 Å². The summed E-state index contributed by atoms with van der Waals surface area (Å²) in [5, 5.41) is 9.70. The summed E-state index contributed by atoms with van der Waals surface area (Å²) >= 11 is 5.92. The zero-order chi connectivity index (χ0) is 17.2. The van der Waals surface area contributed by atoms with Crippen LogP contribution in [-0.2, 0) is 6.18 Å². The Bertz CT molecular complexity index is 816. The maximum absolute atomic E-state index is 12.6. The zero-order valence-electron chi connectivity index (χ0n) is 11.6. The fourth-order valence-electron chi connectivity index (χ4n) is 1.74. The van der Waals surface area contributed by atoms with Crippen molar-refractivity contribution in [2.45, 2.75) is 6.18 Å². The molecule has 0 unspecified atom stereocenters. The third kappa shape index (κ3) is 4.04. The smallest absolute Gasteiger partial charge is 0.431 e. The Morgan fingerprint density at radius 1 is 1.30 bits per heavy atom. The van der Waals surface area contributed by atoms with Gasteiger partial charge in [-0.05, 0) is 23.8 Å². The second-order valence-electron chi connectivity index (χ2n) is 4.40. The summed E-state index contributed by atoms with van der Waals surface area (Å²) in [7, 11) is 1.34. The first-order valence-corrected chi connectivity index (χ1v) is 6.51. The average Bonchev–Trinajstić information content (AvgIpc) is 2.45. The third-order valence-electron chi connectivity index (χ3n) is 2.80. The number of aromatic hydroxyl groups is 1. The number of benzene rings is 1. The summed E-state index contributed by atoms with van der Waals surface area (Å²) < 4.78 is 42.8. The monoisotopic (exact) mass is 346 g/mol. The number of methoxy groups -OCH3 is 1. The Balaban J connectivity index is 2.41. The Kier molecular flexibility index (Phi) is 4.65. The number of rotatable bonds is 3. The zero-order valence-corrected chi connectivity index (χ0v) is 12.4. The van der Waals surface area contributed by atoms with Crippen molar-refractivity contribution in [3.05, 3.63) is 50.7 Å². The van der Waals surface area contributed by atoms with Crippen LogP contribution in [0.3, 0.4) is 0 Å². The van der Waals surface area contributed by atoms with Gasteiger partial charge in [0.15, 0.2) is 11.5 Å². The molecule has 0 bridgehead atoms. The first kappa shape index (κ1) is 16.9. The minimum absolute atomic E-state index is 0.142. The van der Waals surface area contributed by atoms with Crippen LogP contribution in [0.25, 0.3) is 12.2 Å². The van der Waals surface area contributed by atoms with Crippen LogP contribution in [0.2, 0.25) is 5.02 Å². The van der Waals surface area contributed by atoms with E-state index in [1.165, 1.54) is 31.4 Å². The van der Waals surface area contributed by atoms with Crippen molar-refractivity contribution in [1.29, 1.82) is 0 Å². The number of H-pyrrole nitrogens is 1. The number of hydrogen-bond donors (Lipinski definition) is 2. The number of halogens is 4. The number of nitrogens with zero attached hydrogens (tertiary/aromatic N) is 1. The van der Waals surface area contributed by atoms with Crippen molar-refractivity contribution in [2.24, 2.45) is 0 Å². The number of alkyl halides is 3. The van der Waals surface area contributed by atoms with Gasteiger partial charge in [0, 0.05) is 6.07 Å². The Hall–Kier alpha value is -2.48. The molecule has 0 atom stereocenters. The number of hydrogen-bond acceptors (Lipinski definition) is 4. The number of aromatic nitrogens is 2. The molecule has 0 saturated carbocycles.